The number of nitrogens with zero attached hydrogens (tertiary/aromatic N) is 5. The number of ether oxygens (including phenoxy) is 1. The van der Waals surface area contributed by atoms with Crippen LogP contribution >= 0.6 is 11.6 Å². The third-order valence-electron chi connectivity index (χ3n) is 5.27. The Morgan fingerprint density at radius 3 is 2.29 bits per heavy atom. The first kappa shape index (κ1) is 23.8. The molecule has 4 rings (SSSR count). The van der Waals surface area contributed by atoms with Crippen molar-refractivity contribution in [2.75, 3.05) is 0 Å². The van der Waals surface area contributed by atoms with E-state index in [4.69, 9.17) is 16.3 Å². The van der Waals surface area contributed by atoms with E-state index in [0.29, 0.717) is 17.0 Å². The second-order valence-electron chi connectivity index (χ2n) is 7.59. The zero-order valence-corrected chi connectivity index (χ0v) is 18.8. The van der Waals surface area contributed by atoms with E-state index >= 15 is 0 Å². The molecule has 0 radical (unpaired) electrons. The van der Waals surface area contributed by atoms with Gasteiger partial charge >= 0.3 is 0 Å². The molecule has 0 aliphatic carbocycles. The van der Waals surface area contributed by atoms with Crippen molar-refractivity contribution in [1.82, 2.24) is 15.0 Å². The average Bonchev–Trinajstić information content (AvgIpc) is 3.30. The number of rotatable bonds is 9. The van der Waals surface area contributed by atoms with Gasteiger partial charge in [0.15, 0.2) is 0 Å². The number of aliphatic hydroxyl groups is 1. The predicted octanol–water partition coefficient (Wildman–Crippen LogP) is 4.26. The molecule has 12 heteroatoms. The summed E-state index contributed by atoms with van der Waals surface area (Å²) in [6.45, 7) is -0.110. The van der Waals surface area contributed by atoms with Crippen molar-refractivity contribution in [1.29, 1.82) is 0 Å². The summed E-state index contributed by atoms with van der Waals surface area (Å²) in [5.41, 5.74) is -0.976. The summed E-state index contributed by atoms with van der Waals surface area (Å²) in [5.74, 6) is 0.411. The van der Waals surface area contributed by atoms with Gasteiger partial charge in [-0.05, 0) is 23.8 Å². The van der Waals surface area contributed by atoms with Crippen LogP contribution in [0.3, 0.4) is 0 Å². The van der Waals surface area contributed by atoms with Gasteiger partial charge in [0, 0.05) is 34.9 Å². The van der Waals surface area contributed by atoms with Crippen molar-refractivity contribution in [2.45, 2.75) is 18.8 Å². The van der Waals surface area contributed by atoms with Gasteiger partial charge in [0.05, 0.1) is 22.6 Å². The molecule has 0 fully saturated rings. The molecule has 35 heavy (non-hydrogen) atoms. The number of aromatic nitrogens is 3. The van der Waals surface area contributed by atoms with Crippen LogP contribution in [0.1, 0.15) is 16.8 Å². The number of hydrogen-bond acceptors (Lipinski definition) is 8. The molecule has 4 aromatic rings. The van der Waals surface area contributed by atoms with Crippen LogP contribution in [0.5, 0.6) is 5.75 Å². The molecule has 0 amide bonds. The van der Waals surface area contributed by atoms with Crippen molar-refractivity contribution in [3.8, 4) is 5.75 Å². The lowest BCUT2D eigenvalue weighted by Crippen LogP contribution is -2.33. The fourth-order valence-corrected chi connectivity index (χ4v) is 3.80. The first-order chi connectivity index (χ1) is 16.8. The standard InChI is InChI=1S/C23H18ClN5O6/c24-22-11-8-19(29(33)34)12-21(22)23(30,16-4-2-1-3-5-16)15-27-13-17(25-26-27)14-35-20-9-6-18(7-10-20)28(31)32/h1-13,30H,14-15H2. The van der Waals surface area contributed by atoms with Gasteiger partial charge in [0.2, 0.25) is 0 Å². The van der Waals surface area contributed by atoms with Crippen LogP contribution in [-0.2, 0) is 18.8 Å². The largest absolute Gasteiger partial charge is 0.487 e. The maximum Gasteiger partial charge on any atom is 0.269 e. The van der Waals surface area contributed by atoms with Crippen LogP contribution in [0.25, 0.3) is 0 Å². The first-order valence-electron chi connectivity index (χ1n) is 10.2. The lowest BCUT2D eigenvalue weighted by atomic mass is 9.86. The van der Waals surface area contributed by atoms with Gasteiger partial charge in [-0.3, -0.25) is 20.2 Å². The summed E-state index contributed by atoms with van der Waals surface area (Å²) >= 11 is 6.36. The van der Waals surface area contributed by atoms with Gasteiger partial charge < -0.3 is 9.84 Å². The Morgan fingerprint density at radius 1 is 0.971 bits per heavy atom. The molecular formula is C23H18ClN5O6. The van der Waals surface area contributed by atoms with Crippen LogP contribution in [0, 0.1) is 20.2 Å². The van der Waals surface area contributed by atoms with Crippen LogP contribution in [0.4, 0.5) is 11.4 Å². The molecule has 3 aromatic carbocycles. The minimum Gasteiger partial charge on any atom is -0.487 e. The Bertz CT molecular complexity index is 1360. The Kier molecular flexibility index (Phi) is 6.71. The normalized spacial score (nSPS) is 12.6. The van der Waals surface area contributed by atoms with Gasteiger partial charge in [0.25, 0.3) is 11.4 Å². The van der Waals surface area contributed by atoms with E-state index < -0.39 is 15.4 Å². The van der Waals surface area contributed by atoms with E-state index in [2.05, 4.69) is 10.3 Å². The highest BCUT2D eigenvalue weighted by Crippen LogP contribution is 2.37. The molecule has 11 nitrogen and oxygen atoms in total. The molecule has 0 aliphatic heterocycles. The van der Waals surface area contributed by atoms with Gasteiger partial charge in [-0.2, -0.15) is 0 Å². The fourth-order valence-electron chi connectivity index (χ4n) is 3.53. The number of halogens is 1. The van der Waals surface area contributed by atoms with Crippen LogP contribution in [0.15, 0.2) is 79.0 Å². The molecular weight excluding hydrogens is 478 g/mol. The smallest absolute Gasteiger partial charge is 0.269 e. The van der Waals surface area contributed by atoms with Crippen LogP contribution in [0.2, 0.25) is 5.02 Å². The average molecular weight is 496 g/mol. The summed E-state index contributed by atoms with van der Waals surface area (Å²) in [6, 6.07) is 18.1. The van der Waals surface area contributed by atoms with E-state index in [9.17, 15) is 25.3 Å². The Labute approximate surface area is 203 Å². The van der Waals surface area contributed by atoms with Gasteiger partial charge in [-0.1, -0.05) is 47.1 Å². The minimum absolute atomic E-state index is 0.0269. The summed E-state index contributed by atoms with van der Waals surface area (Å²) < 4.78 is 6.99. The van der Waals surface area contributed by atoms with E-state index in [1.54, 1.807) is 36.5 Å². The summed E-state index contributed by atoms with van der Waals surface area (Å²) in [4.78, 5) is 21.0. The second-order valence-corrected chi connectivity index (χ2v) is 8.00. The minimum atomic E-state index is -1.76. The Hall–Kier alpha value is -4.35. The molecule has 0 saturated carbocycles. The number of nitro benzene ring substituents is 2. The maximum atomic E-state index is 11.8. The number of hydrogen-bond donors (Lipinski definition) is 1. The molecule has 1 atom stereocenters. The topological polar surface area (TPSA) is 146 Å². The predicted molar refractivity (Wildman–Crippen MR) is 125 cm³/mol. The van der Waals surface area contributed by atoms with Crippen molar-refractivity contribution in [3.05, 3.63) is 121 Å². The fraction of sp³-hybridized carbons (Fsp3) is 0.130. The molecule has 0 spiro atoms. The highest BCUT2D eigenvalue weighted by molar-refractivity contribution is 6.31. The quantitative estimate of drug-likeness (QED) is 0.267. The van der Waals surface area contributed by atoms with Gasteiger partial charge in [-0.25, -0.2) is 4.68 Å². The number of non-ortho nitro benzene ring substituents is 2. The van der Waals surface area contributed by atoms with Crippen molar-refractivity contribution in [3.63, 3.8) is 0 Å². The molecule has 1 heterocycles. The lowest BCUT2D eigenvalue weighted by molar-refractivity contribution is -0.385. The monoisotopic (exact) mass is 495 g/mol. The molecule has 178 valence electrons. The van der Waals surface area contributed by atoms with E-state index in [1.807, 2.05) is 0 Å². The van der Waals surface area contributed by atoms with Gasteiger partial charge in [-0.15, -0.1) is 5.10 Å². The third kappa shape index (κ3) is 5.26. The Balaban J connectivity index is 1.59. The van der Waals surface area contributed by atoms with Crippen molar-refractivity contribution >= 4 is 23.0 Å². The molecule has 0 aliphatic rings. The lowest BCUT2D eigenvalue weighted by Gasteiger charge is -2.29. The molecule has 1 aromatic heterocycles. The zero-order valence-electron chi connectivity index (χ0n) is 18.0. The number of nitro groups is 2. The molecule has 0 saturated heterocycles. The van der Waals surface area contributed by atoms with Crippen LogP contribution < -0.4 is 4.74 Å². The van der Waals surface area contributed by atoms with Gasteiger partial charge in [0.1, 0.15) is 23.7 Å². The highest BCUT2D eigenvalue weighted by Gasteiger charge is 2.36. The molecule has 1 N–H and O–H groups in total. The first-order valence-corrected chi connectivity index (χ1v) is 10.6. The van der Waals surface area contributed by atoms with Crippen molar-refractivity contribution < 1.29 is 19.7 Å². The summed E-state index contributed by atoms with van der Waals surface area (Å²) in [6.07, 6.45) is 1.56. The van der Waals surface area contributed by atoms with Crippen LogP contribution in [-0.4, -0.2) is 29.9 Å². The highest BCUT2D eigenvalue weighted by atomic mass is 35.5. The molecule has 0 bridgehead atoms. The Morgan fingerprint density at radius 2 is 1.63 bits per heavy atom. The van der Waals surface area contributed by atoms with E-state index in [-0.39, 0.29) is 35.1 Å². The third-order valence-corrected chi connectivity index (χ3v) is 5.60. The van der Waals surface area contributed by atoms with Crippen molar-refractivity contribution in [2.24, 2.45) is 0 Å². The summed E-state index contributed by atoms with van der Waals surface area (Å²) in [7, 11) is 0. The molecule has 1 unspecified atom stereocenters. The van der Waals surface area contributed by atoms with E-state index in [0.717, 1.165) is 0 Å². The van der Waals surface area contributed by atoms with E-state index in [1.165, 1.54) is 47.1 Å². The summed E-state index contributed by atoms with van der Waals surface area (Å²) in [5, 5.41) is 42.2. The second kappa shape index (κ2) is 9.87. The zero-order chi connectivity index (χ0) is 25.0. The maximum absolute atomic E-state index is 11.8. The SMILES string of the molecule is O=[N+]([O-])c1ccc(OCc2cn(CC(O)(c3ccccc3)c3cc([N+](=O)[O-])ccc3Cl)nn2)cc1. The number of benzene rings is 3.